The molecule has 20 heavy (non-hydrogen) atoms. The van der Waals surface area contributed by atoms with Gasteiger partial charge in [-0.25, -0.2) is 22.4 Å². The van der Waals surface area contributed by atoms with E-state index in [4.69, 9.17) is 5.11 Å². The van der Waals surface area contributed by atoms with Crippen LogP contribution in [0.3, 0.4) is 0 Å². The Balaban J connectivity index is 2.19. The summed E-state index contributed by atoms with van der Waals surface area (Å²) in [6, 6.07) is 0.0334. The fraction of sp³-hybridized carbons (Fsp3) is 0.333. The molecule has 8 heteroatoms. The molecule has 0 aliphatic heterocycles. The maximum atomic E-state index is 13.3. The summed E-state index contributed by atoms with van der Waals surface area (Å²) in [6.45, 7) is 0. The highest BCUT2D eigenvalue weighted by atomic mass is 19.2. The zero-order valence-corrected chi connectivity index (χ0v) is 9.97. The molecule has 1 aromatic carbocycles. The van der Waals surface area contributed by atoms with Crippen LogP contribution in [0.15, 0.2) is 6.07 Å². The Morgan fingerprint density at radius 1 is 1.15 bits per heavy atom. The van der Waals surface area contributed by atoms with E-state index in [2.05, 4.69) is 5.32 Å². The normalized spacial score (nSPS) is 15.8. The fourth-order valence-corrected chi connectivity index (χ4v) is 1.77. The highest BCUT2D eigenvalue weighted by Crippen LogP contribution is 2.35. The molecular formula is C12H9F4NO3. The van der Waals surface area contributed by atoms with E-state index in [1.54, 1.807) is 0 Å². The molecule has 0 spiro atoms. The van der Waals surface area contributed by atoms with Crippen molar-refractivity contribution in [2.45, 2.75) is 24.8 Å². The van der Waals surface area contributed by atoms with Crippen LogP contribution in [0.25, 0.3) is 0 Å². The quantitative estimate of drug-likeness (QED) is 0.653. The number of benzene rings is 1. The van der Waals surface area contributed by atoms with Crippen molar-refractivity contribution in [3.05, 3.63) is 34.9 Å². The van der Waals surface area contributed by atoms with Crippen molar-refractivity contribution in [1.29, 1.82) is 0 Å². The highest BCUT2D eigenvalue weighted by Gasteiger charge is 2.51. The van der Waals surface area contributed by atoms with Crippen molar-refractivity contribution in [3.63, 3.8) is 0 Å². The standard InChI is InChI=1S/C12H9F4NO3/c13-6-4-7(14)10(16)5(9(6)15)3-8(18)17-12(1-2-12)11(19)20/h4H,1-3H2,(H,17,18)(H,19,20). The zero-order chi connectivity index (χ0) is 15.1. The van der Waals surface area contributed by atoms with Gasteiger partial charge in [0, 0.05) is 11.6 Å². The number of rotatable bonds is 4. The average molecular weight is 291 g/mol. The summed E-state index contributed by atoms with van der Waals surface area (Å²) in [5.74, 6) is -8.86. The molecule has 1 aliphatic carbocycles. The Labute approximate surface area is 110 Å². The van der Waals surface area contributed by atoms with Crippen molar-refractivity contribution in [2.24, 2.45) is 0 Å². The van der Waals surface area contributed by atoms with Gasteiger partial charge in [-0.15, -0.1) is 0 Å². The van der Waals surface area contributed by atoms with Crippen LogP contribution in [0.5, 0.6) is 0 Å². The minimum Gasteiger partial charge on any atom is -0.480 e. The molecule has 1 amide bonds. The van der Waals surface area contributed by atoms with Gasteiger partial charge >= 0.3 is 5.97 Å². The van der Waals surface area contributed by atoms with Crippen LogP contribution in [0.1, 0.15) is 18.4 Å². The van der Waals surface area contributed by atoms with Crippen molar-refractivity contribution in [1.82, 2.24) is 5.32 Å². The van der Waals surface area contributed by atoms with Gasteiger partial charge in [0.05, 0.1) is 6.42 Å². The van der Waals surface area contributed by atoms with Gasteiger partial charge in [-0.2, -0.15) is 0 Å². The van der Waals surface area contributed by atoms with Gasteiger partial charge in [-0.05, 0) is 12.8 Å². The molecule has 0 radical (unpaired) electrons. The molecular weight excluding hydrogens is 282 g/mol. The first-order valence-corrected chi connectivity index (χ1v) is 5.63. The number of hydrogen-bond donors (Lipinski definition) is 2. The first kappa shape index (κ1) is 14.3. The number of carboxylic acid groups (broad SMARTS) is 1. The fourth-order valence-electron chi connectivity index (χ4n) is 1.77. The molecule has 1 aromatic rings. The smallest absolute Gasteiger partial charge is 0.329 e. The largest absolute Gasteiger partial charge is 0.480 e. The summed E-state index contributed by atoms with van der Waals surface area (Å²) in [5.41, 5.74) is -2.50. The first-order chi connectivity index (χ1) is 9.27. The third kappa shape index (κ3) is 2.45. The molecule has 0 aromatic heterocycles. The van der Waals surface area contributed by atoms with Gasteiger partial charge in [-0.1, -0.05) is 0 Å². The average Bonchev–Trinajstić information content (AvgIpc) is 3.13. The molecule has 108 valence electrons. The van der Waals surface area contributed by atoms with E-state index < -0.39 is 52.7 Å². The summed E-state index contributed by atoms with van der Waals surface area (Å²) < 4.78 is 52.5. The van der Waals surface area contributed by atoms with Gasteiger partial charge in [-0.3, -0.25) is 4.79 Å². The van der Waals surface area contributed by atoms with Crippen LogP contribution in [0, 0.1) is 23.3 Å². The summed E-state index contributed by atoms with van der Waals surface area (Å²) in [4.78, 5) is 22.4. The minimum atomic E-state index is -1.67. The second-order valence-electron chi connectivity index (χ2n) is 4.56. The maximum absolute atomic E-state index is 13.3. The predicted molar refractivity (Wildman–Crippen MR) is 57.7 cm³/mol. The van der Waals surface area contributed by atoms with Crippen LogP contribution in [-0.4, -0.2) is 22.5 Å². The molecule has 2 N–H and O–H groups in total. The molecule has 2 rings (SSSR count). The maximum Gasteiger partial charge on any atom is 0.329 e. The van der Waals surface area contributed by atoms with E-state index in [1.165, 1.54) is 0 Å². The number of carbonyl (C=O) groups is 2. The Morgan fingerprint density at radius 3 is 2.05 bits per heavy atom. The molecule has 1 saturated carbocycles. The van der Waals surface area contributed by atoms with Crippen molar-refractivity contribution in [3.8, 4) is 0 Å². The molecule has 0 heterocycles. The van der Waals surface area contributed by atoms with E-state index in [1.807, 2.05) is 0 Å². The Hall–Kier alpha value is -2.12. The van der Waals surface area contributed by atoms with E-state index >= 15 is 0 Å². The highest BCUT2D eigenvalue weighted by molar-refractivity contribution is 5.90. The van der Waals surface area contributed by atoms with E-state index in [-0.39, 0.29) is 18.9 Å². The van der Waals surface area contributed by atoms with E-state index in [0.29, 0.717) is 0 Å². The molecule has 0 unspecified atom stereocenters. The van der Waals surface area contributed by atoms with Crippen molar-refractivity contribution in [2.75, 3.05) is 0 Å². The molecule has 1 fully saturated rings. The van der Waals surface area contributed by atoms with Crippen LogP contribution in [-0.2, 0) is 16.0 Å². The summed E-state index contributed by atoms with van der Waals surface area (Å²) in [7, 11) is 0. The topological polar surface area (TPSA) is 66.4 Å². The lowest BCUT2D eigenvalue weighted by atomic mass is 10.1. The Bertz CT molecular complexity index is 573. The lowest BCUT2D eigenvalue weighted by Gasteiger charge is -2.13. The minimum absolute atomic E-state index is 0.0334. The number of hydrogen-bond acceptors (Lipinski definition) is 2. The lowest BCUT2D eigenvalue weighted by molar-refractivity contribution is -0.143. The zero-order valence-electron chi connectivity index (χ0n) is 9.97. The summed E-state index contributed by atoms with van der Waals surface area (Å²) in [6.07, 6.45) is -0.603. The summed E-state index contributed by atoms with van der Waals surface area (Å²) >= 11 is 0. The molecule has 0 bridgehead atoms. The number of aliphatic carboxylic acids is 1. The van der Waals surface area contributed by atoms with Crippen LogP contribution in [0.2, 0.25) is 0 Å². The second kappa shape index (κ2) is 4.77. The van der Waals surface area contributed by atoms with Gasteiger partial charge in [0.15, 0.2) is 23.3 Å². The van der Waals surface area contributed by atoms with Crippen molar-refractivity contribution < 1.29 is 32.3 Å². The Morgan fingerprint density at radius 2 is 1.65 bits per heavy atom. The van der Waals surface area contributed by atoms with Gasteiger partial charge < -0.3 is 10.4 Å². The van der Waals surface area contributed by atoms with Crippen LogP contribution >= 0.6 is 0 Å². The van der Waals surface area contributed by atoms with Gasteiger partial charge in [0.2, 0.25) is 5.91 Å². The number of amides is 1. The monoisotopic (exact) mass is 291 g/mol. The SMILES string of the molecule is O=C(Cc1c(F)c(F)cc(F)c1F)NC1(C(=O)O)CC1. The third-order valence-electron chi connectivity index (χ3n) is 3.08. The molecule has 0 saturated heterocycles. The molecule has 0 atom stereocenters. The second-order valence-corrected chi connectivity index (χ2v) is 4.56. The number of carbonyl (C=O) groups excluding carboxylic acids is 1. The van der Waals surface area contributed by atoms with E-state index in [9.17, 15) is 27.2 Å². The lowest BCUT2D eigenvalue weighted by Crippen LogP contribution is -2.43. The van der Waals surface area contributed by atoms with Crippen molar-refractivity contribution >= 4 is 11.9 Å². The number of halogens is 4. The number of carboxylic acids is 1. The van der Waals surface area contributed by atoms with Crippen LogP contribution in [0.4, 0.5) is 17.6 Å². The molecule has 1 aliphatic rings. The third-order valence-corrected chi connectivity index (χ3v) is 3.08. The molecule has 4 nitrogen and oxygen atoms in total. The van der Waals surface area contributed by atoms with Crippen LogP contribution < -0.4 is 5.32 Å². The van der Waals surface area contributed by atoms with Gasteiger partial charge in [0.25, 0.3) is 0 Å². The Kier molecular flexibility index (Phi) is 3.41. The van der Waals surface area contributed by atoms with Gasteiger partial charge in [0.1, 0.15) is 5.54 Å². The number of nitrogens with one attached hydrogen (secondary N) is 1. The first-order valence-electron chi connectivity index (χ1n) is 5.63. The van der Waals surface area contributed by atoms with E-state index in [0.717, 1.165) is 0 Å². The predicted octanol–water partition coefficient (Wildman–Crippen LogP) is 1.52. The summed E-state index contributed by atoms with van der Waals surface area (Å²) in [5, 5.41) is 10.9.